The molecule has 0 aromatic rings. The van der Waals surface area contributed by atoms with Crippen molar-refractivity contribution in [3.05, 3.63) is 12.2 Å². The van der Waals surface area contributed by atoms with Crippen molar-refractivity contribution < 1.29 is 23.9 Å². The smallest absolute Gasteiger partial charge is 0.412 e. The van der Waals surface area contributed by atoms with E-state index in [1.54, 1.807) is 11.9 Å². The van der Waals surface area contributed by atoms with E-state index in [0.717, 1.165) is 12.8 Å². The van der Waals surface area contributed by atoms with Crippen molar-refractivity contribution in [2.24, 2.45) is 11.8 Å². The molecule has 28 heavy (non-hydrogen) atoms. The second-order valence-corrected chi connectivity index (χ2v) is 9.19. The highest BCUT2D eigenvalue weighted by molar-refractivity contribution is 5.86. The molecule has 1 saturated heterocycles. The molecule has 160 valence electrons. The van der Waals surface area contributed by atoms with E-state index in [1.807, 2.05) is 40.7 Å². The molecule has 0 aromatic carbocycles. The number of carbonyl (C=O) groups excluding carboxylic acids is 2. The number of carbonyl (C=O) groups is 2. The van der Waals surface area contributed by atoms with E-state index >= 15 is 0 Å². The Hall–Kier alpha value is -1.60. The number of hydroxylamine groups is 2. The van der Waals surface area contributed by atoms with E-state index in [0.29, 0.717) is 18.9 Å². The molecule has 7 nitrogen and oxygen atoms in total. The Morgan fingerprint density at radius 1 is 1.32 bits per heavy atom. The predicted molar refractivity (Wildman–Crippen MR) is 106 cm³/mol. The first kappa shape index (κ1) is 22.7. The van der Waals surface area contributed by atoms with Crippen LogP contribution in [-0.2, 0) is 19.1 Å². The van der Waals surface area contributed by atoms with E-state index in [2.05, 4.69) is 0 Å². The van der Waals surface area contributed by atoms with Crippen molar-refractivity contribution in [3.8, 4) is 0 Å². The second kappa shape index (κ2) is 8.82. The number of hydrogen-bond acceptors (Lipinski definition) is 5. The van der Waals surface area contributed by atoms with Crippen LogP contribution in [0.4, 0.5) is 4.79 Å². The van der Waals surface area contributed by atoms with Gasteiger partial charge in [0.2, 0.25) is 0 Å². The summed E-state index contributed by atoms with van der Waals surface area (Å²) >= 11 is 0. The molecule has 0 unspecified atom stereocenters. The minimum atomic E-state index is -0.717. The number of rotatable bonds is 6. The fourth-order valence-corrected chi connectivity index (χ4v) is 3.87. The summed E-state index contributed by atoms with van der Waals surface area (Å²) in [6.07, 6.45) is 7.28. The topological polar surface area (TPSA) is 68.3 Å². The monoisotopic (exact) mass is 396 g/mol. The highest BCUT2D eigenvalue weighted by Crippen LogP contribution is 2.43. The molecule has 1 saturated carbocycles. The zero-order chi connectivity index (χ0) is 21.1. The van der Waals surface area contributed by atoms with Crippen molar-refractivity contribution >= 4 is 12.0 Å². The highest BCUT2D eigenvalue weighted by atomic mass is 16.7. The van der Waals surface area contributed by atoms with E-state index in [-0.39, 0.29) is 24.0 Å². The number of amides is 2. The normalized spacial score (nSPS) is 23.5. The molecule has 1 heterocycles. The number of nitrogens with zero attached hydrogens (tertiary/aromatic N) is 2. The van der Waals surface area contributed by atoms with Crippen LogP contribution >= 0.6 is 0 Å². The van der Waals surface area contributed by atoms with Gasteiger partial charge in [0, 0.05) is 13.1 Å². The number of hydrogen-bond donors (Lipinski definition) is 0. The van der Waals surface area contributed by atoms with Gasteiger partial charge in [0.05, 0.1) is 19.8 Å². The first-order valence-corrected chi connectivity index (χ1v) is 10.1. The Morgan fingerprint density at radius 3 is 2.46 bits per heavy atom. The molecule has 2 atom stereocenters. The Balaban J connectivity index is 2.18. The SMILES string of the molecule is CON(C)C(=O)C=CC[C@H](C1CCC1)[C@H]1COC(C)(C)N1C(=O)OC(C)(C)C. The summed E-state index contributed by atoms with van der Waals surface area (Å²) < 4.78 is 11.7. The fraction of sp³-hybridized carbons (Fsp3) is 0.810. The van der Waals surface area contributed by atoms with Gasteiger partial charge in [0.1, 0.15) is 11.3 Å². The lowest BCUT2D eigenvalue weighted by Crippen LogP contribution is -2.53. The van der Waals surface area contributed by atoms with Gasteiger partial charge in [-0.1, -0.05) is 25.3 Å². The number of likely N-dealkylation sites (N-methyl/N-ethyl adjacent to an activating group) is 1. The maximum atomic E-state index is 13.0. The average Bonchev–Trinajstić information content (AvgIpc) is 2.84. The molecular formula is C21H36N2O5. The third kappa shape index (κ3) is 5.47. The van der Waals surface area contributed by atoms with Crippen molar-refractivity contribution in [2.45, 2.75) is 77.7 Å². The summed E-state index contributed by atoms with van der Waals surface area (Å²) in [7, 11) is 3.03. The summed E-state index contributed by atoms with van der Waals surface area (Å²) in [5.74, 6) is 0.536. The molecule has 0 spiro atoms. The van der Waals surface area contributed by atoms with Crippen molar-refractivity contribution in [3.63, 3.8) is 0 Å². The molecule has 2 rings (SSSR count). The molecule has 0 aromatic heterocycles. The summed E-state index contributed by atoms with van der Waals surface area (Å²) in [6, 6.07) is -0.0740. The number of ether oxygens (including phenoxy) is 2. The molecular weight excluding hydrogens is 360 g/mol. The molecule has 0 N–H and O–H groups in total. The lowest BCUT2D eigenvalue weighted by Gasteiger charge is -2.42. The molecule has 0 radical (unpaired) electrons. The van der Waals surface area contributed by atoms with Crippen LogP contribution in [0.3, 0.4) is 0 Å². The van der Waals surface area contributed by atoms with Gasteiger partial charge in [-0.2, -0.15) is 0 Å². The lowest BCUT2D eigenvalue weighted by molar-refractivity contribution is -0.162. The quantitative estimate of drug-likeness (QED) is 0.505. The van der Waals surface area contributed by atoms with Crippen molar-refractivity contribution in [2.75, 3.05) is 20.8 Å². The van der Waals surface area contributed by atoms with Crippen LogP contribution < -0.4 is 0 Å². The maximum Gasteiger partial charge on any atom is 0.412 e. The van der Waals surface area contributed by atoms with Crippen LogP contribution in [0.1, 0.15) is 60.3 Å². The van der Waals surface area contributed by atoms with Crippen LogP contribution in [0, 0.1) is 11.8 Å². The molecule has 1 aliphatic heterocycles. The highest BCUT2D eigenvalue weighted by Gasteiger charge is 2.50. The van der Waals surface area contributed by atoms with E-state index in [1.165, 1.54) is 24.7 Å². The molecule has 7 heteroatoms. The van der Waals surface area contributed by atoms with Gasteiger partial charge in [0.15, 0.2) is 0 Å². The zero-order valence-corrected chi connectivity index (χ0v) is 18.4. The molecule has 2 aliphatic rings. The molecule has 2 amide bonds. The summed E-state index contributed by atoms with van der Waals surface area (Å²) in [5.41, 5.74) is -1.28. The van der Waals surface area contributed by atoms with Gasteiger partial charge in [-0.05, 0) is 52.9 Å². The Bertz CT molecular complexity index is 592. The Morgan fingerprint density at radius 2 is 1.96 bits per heavy atom. The van der Waals surface area contributed by atoms with E-state index in [9.17, 15) is 9.59 Å². The molecule has 0 bridgehead atoms. The maximum absolute atomic E-state index is 13.0. The minimum absolute atomic E-state index is 0.0740. The first-order valence-electron chi connectivity index (χ1n) is 10.1. The zero-order valence-electron chi connectivity index (χ0n) is 18.4. The fourth-order valence-electron chi connectivity index (χ4n) is 3.87. The van der Waals surface area contributed by atoms with Crippen LogP contribution in [0.5, 0.6) is 0 Å². The minimum Gasteiger partial charge on any atom is -0.444 e. The van der Waals surface area contributed by atoms with Gasteiger partial charge in [-0.15, -0.1) is 0 Å². The van der Waals surface area contributed by atoms with Gasteiger partial charge in [-0.3, -0.25) is 14.5 Å². The first-order chi connectivity index (χ1) is 13.0. The van der Waals surface area contributed by atoms with Gasteiger partial charge in [0.25, 0.3) is 5.91 Å². The predicted octanol–water partition coefficient (Wildman–Crippen LogP) is 3.74. The Labute approximate surface area is 168 Å². The van der Waals surface area contributed by atoms with Crippen LogP contribution in [0.25, 0.3) is 0 Å². The summed E-state index contributed by atoms with van der Waals surface area (Å²) in [4.78, 5) is 31.6. The van der Waals surface area contributed by atoms with Crippen LogP contribution in [0.2, 0.25) is 0 Å². The lowest BCUT2D eigenvalue weighted by atomic mass is 9.71. The second-order valence-electron chi connectivity index (χ2n) is 9.19. The van der Waals surface area contributed by atoms with Crippen LogP contribution in [0.15, 0.2) is 12.2 Å². The van der Waals surface area contributed by atoms with Gasteiger partial charge < -0.3 is 9.47 Å². The number of allylic oxidation sites excluding steroid dienone is 1. The van der Waals surface area contributed by atoms with Gasteiger partial charge >= 0.3 is 6.09 Å². The van der Waals surface area contributed by atoms with E-state index < -0.39 is 11.3 Å². The molecule has 1 aliphatic carbocycles. The summed E-state index contributed by atoms with van der Waals surface area (Å²) in [6.45, 7) is 9.90. The van der Waals surface area contributed by atoms with Crippen molar-refractivity contribution in [1.82, 2.24) is 9.96 Å². The molecule has 2 fully saturated rings. The van der Waals surface area contributed by atoms with E-state index in [4.69, 9.17) is 14.3 Å². The van der Waals surface area contributed by atoms with Crippen molar-refractivity contribution in [1.29, 1.82) is 0 Å². The average molecular weight is 397 g/mol. The van der Waals surface area contributed by atoms with Gasteiger partial charge in [-0.25, -0.2) is 9.86 Å². The Kier molecular flexibility index (Phi) is 7.15. The summed E-state index contributed by atoms with van der Waals surface area (Å²) in [5, 5.41) is 1.18. The third-order valence-electron chi connectivity index (χ3n) is 5.61. The van der Waals surface area contributed by atoms with Crippen LogP contribution in [-0.4, -0.2) is 60.1 Å². The standard InChI is InChI=1S/C21H36N2O5/c1-20(2,3)28-19(25)23-17(14-27-21(23,4)5)16(15-10-8-11-15)12-9-13-18(24)22(6)26-7/h9,13,15-17H,8,10-12,14H2,1-7H3/t16-,17-/m1/s1. The largest absolute Gasteiger partial charge is 0.444 e. The third-order valence-corrected chi connectivity index (χ3v) is 5.61.